The minimum atomic E-state index is -0.582. The molecule has 2 aliphatic heterocycles. The van der Waals surface area contributed by atoms with Gasteiger partial charge < -0.3 is 24.0 Å². The first kappa shape index (κ1) is 18.2. The highest BCUT2D eigenvalue weighted by Crippen LogP contribution is 2.34. The average Bonchev–Trinajstić information content (AvgIpc) is 3.18. The molecule has 7 nitrogen and oxygen atoms in total. The zero-order valence-corrected chi connectivity index (χ0v) is 15.9. The molecular weight excluding hydrogens is 360 g/mol. The summed E-state index contributed by atoms with van der Waals surface area (Å²) in [5.74, 6) is 1.51. The lowest BCUT2D eigenvalue weighted by atomic mass is 10.1. The molecule has 146 valence electrons. The van der Waals surface area contributed by atoms with E-state index in [2.05, 4.69) is 0 Å². The van der Waals surface area contributed by atoms with Gasteiger partial charge in [-0.05, 0) is 44.2 Å². The topological polar surface area (TPSA) is 68.3 Å². The maximum absolute atomic E-state index is 13.0. The number of carbonyl (C=O) groups is 2. The van der Waals surface area contributed by atoms with Crippen molar-refractivity contribution >= 4 is 17.5 Å². The predicted molar refractivity (Wildman–Crippen MR) is 103 cm³/mol. The molecule has 28 heavy (non-hydrogen) atoms. The number of carbonyl (C=O) groups excluding carboxylic acids is 2. The van der Waals surface area contributed by atoms with Gasteiger partial charge in [0, 0.05) is 18.7 Å². The summed E-state index contributed by atoms with van der Waals surface area (Å²) in [5, 5.41) is 0. The van der Waals surface area contributed by atoms with Crippen LogP contribution in [0.15, 0.2) is 42.5 Å². The minimum absolute atomic E-state index is 0.132. The summed E-state index contributed by atoms with van der Waals surface area (Å²) in [5.41, 5.74) is 1.21. The summed E-state index contributed by atoms with van der Waals surface area (Å²) >= 11 is 0. The van der Waals surface area contributed by atoms with Crippen LogP contribution < -0.4 is 19.1 Å². The van der Waals surface area contributed by atoms with Crippen LogP contribution in [0.25, 0.3) is 0 Å². The van der Waals surface area contributed by atoms with Crippen molar-refractivity contribution in [2.45, 2.75) is 19.9 Å². The number of benzene rings is 2. The van der Waals surface area contributed by atoms with Gasteiger partial charge in [-0.15, -0.1) is 0 Å². The lowest BCUT2D eigenvalue weighted by Gasteiger charge is -2.39. The van der Waals surface area contributed by atoms with Crippen molar-refractivity contribution in [3.63, 3.8) is 0 Å². The Hall–Kier alpha value is -3.22. The van der Waals surface area contributed by atoms with Crippen molar-refractivity contribution in [3.05, 3.63) is 48.0 Å². The smallest absolute Gasteiger partial charge is 0.254 e. The molecule has 0 saturated carbocycles. The van der Waals surface area contributed by atoms with E-state index in [0.717, 1.165) is 5.69 Å². The predicted octanol–water partition coefficient (Wildman–Crippen LogP) is 2.69. The largest absolute Gasteiger partial charge is 0.492 e. The van der Waals surface area contributed by atoms with Crippen LogP contribution >= 0.6 is 0 Å². The van der Waals surface area contributed by atoms with Crippen molar-refractivity contribution in [1.29, 1.82) is 0 Å². The summed E-state index contributed by atoms with van der Waals surface area (Å²) in [6, 6.07) is 12.0. The fourth-order valence-electron chi connectivity index (χ4n) is 3.54. The second kappa shape index (κ2) is 7.42. The highest BCUT2D eigenvalue weighted by molar-refractivity contribution is 6.04. The van der Waals surface area contributed by atoms with Crippen LogP contribution in [-0.2, 0) is 4.79 Å². The Balaban J connectivity index is 1.54. The quantitative estimate of drug-likeness (QED) is 0.813. The van der Waals surface area contributed by atoms with Gasteiger partial charge in [-0.3, -0.25) is 9.59 Å². The molecule has 2 aromatic carbocycles. The molecule has 0 aliphatic carbocycles. The Labute approximate surface area is 163 Å². The number of piperazine rings is 1. The number of anilines is 1. The molecule has 1 saturated heterocycles. The monoisotopic (exact) mass is 382 g/mol. The average molecular weight is 382 g/mol. The van der Waals surface area contributed by atoms with E-state index in [4.69, 9.17) is 14.2 Å². The molecule has 0 bridgehead atoms. The molecule has 1 unspecified atom stereocenters. The Bertz CT molecular complexity index is 913. The van der Waals surface area contributed by atoms with Gasteiger partial charge >= 0.3 is 0 Å². The van der Waals surface area contributed by atoms with Gasteiger partial charge in [0.15, 0.2) is 11.5 Å². The molecule has 4 rings (SSSR count). The van der Waals surface area contributed by atoms with Gasteiger partial charge in [0.2, 0.25) is 12.7 Å². The number of fused-ring (bicyclic) bond motifs is 1. The Kier molecular flexibility index (Phi) is 4.81. The van der Waals surface area contributed by atoms with Crippen LogP contribution in [0.5, 0.6) is 17.2 Å². The van der Waals surface area contributed by atoms with E-state index < -0.39 is 6.04 Å². The van der Waals surface area contributed by atoms with Gasteiger partial charge in [-0.1, -0.05) is 12.1 Å². The van der Waals surface area contributed by atoms with Crippen LogP contribution in [0.2, 0.25) is 0 Å². The van der Waals surface area contributed by atoms with Crippen molar-refractivity contribution in [3.8, 4) is 17.2 Å². The SMILES string of the molecule is CCOc1ccccc1N1CCN(C(=O)c2ccc3c(c2)OCO3)C(C)C1=O. The normalized spacial score (nSPS) is 18.4. The molecule has 2 aliphatic rings. The van der Waals surface area contributed by atoms with Crippen molar-refractivity contribution < 1.29 is 23.8 Å². The lowest BCUT2D eigenvalue weighted by molar-refractivity contribution is -0.124. The summed E-state index contributed by atoms with van der Waals surface area (Å²) in [6.45, 7) is 5.17. The molecule has 0 N–H and O–H groups in total. The minimum Gasteiger partial charge on any atom is -0.492 e. The van der Waals surface area contributed by atoms with Crippen LogP contribution in [0.1, 0.15) is 24.2 Å². The van der Waals surface area contributed by atoms with E-state index in [1.165, 1.54) is 0 Å². The first-order chi connectivity index (χ1) is 13.6. The van der Waals surface area contributed by atoms with Gasteiger partial charge in [-0.2, -0.15) is 0 Å². The number of para-hydroxylation sites is 2. The molecule has 2 aromatic rings. The van der Waals surface area contributed by atoms with E-state index in [0.29, 0.717) is 42.5 Å². The number of amides is 2. The fraction of sp³-hybridized carbons (Fsp3) is 0.333. The third kappa shape index (κ3) is 3.13. The van der Waals surface area contributed by atoms with E-state index >= 15 is 0 Å². The molecule has 0 radical (unpaired) electrons. The molecule has 1 fully saturated rings. The van der Waals surface area contributed by atoms with Crippen molar-refractivity contribution in [1.82, 2.24) is 4.90 Å². The number of hydrogen-bond acceptors (Lipinski definition) is 5. The highest BCUT2D eigenvalue weighted by atomic mass is 16.7. The number of rotatable bonds is 4. The van der Waals surface area contributed by atoms with Gasteiger partial charge in [0.05, 0.1) is 12.3 Å². The molecule has 2 amide bonds. The second-order valence-corrected chi connectivity index (χ2v) is 6.63. The van der Waals surface area contributed by atoms with E-state index in [-0.39, 0.29) is 18.6 Å². The number of nitrogens with zero attached hydrogens (tertiary/aromatic N) is 2. The fourth-order valence-corrected chi connectivity index (χ4v) is 3.54. The van der Waals surface area contributed by atoms with Crippen LogP contribution in [0, 0.1) is 0 Å². The standard InChI is InChI=1S/C21H22N2O5/c1-3-26-17-7-5-4-6-16(17)23-11-10-22(14(2)20(23)24)21(25)15-8-9-18-19(12-15)28-13-27-18/h4-9,12,14H,3,10-11,13H2,1-2H3. The Morgan fingerprint density at radius 3 is 2.75 bits per heavy atom. The summed E-state index contributed by atoms with van der Waals surface area (Å²) in [6.07, 6.45) is 0. The molecule has 7 heteroatoms. The van der Waals surface area contributed by atoms with Crippen molar-refractivity contribution in [2.75, 3.05) is 31.4 Å². The molecular formula is C21H22N2O5. The summed E-state index contributed by atoms with van der Waals surface area (Å²) in [7, 11) is 0. The van der Waals surface area contributed by atoms with Gasteiger partial charge in [0.1, 0.15) is 11.8 Å². The van der Waals surface area contributed by atoms with Crippen LogP contribution in [-0.4, -0.2) is 49.2 Å². The molecule has 0 spiro atoms. The highest BCUT2D eigenvalue weighted by Gasteiger charge is 2.36. The van der Waals surface area contributed by atoms with Gasteiger partial charge in [0.25, 0.3) is 5.91 Å². The maximum atomic E-state index is 13.0. The molecule has 1 atom stereocenters. The van der Waals surface area contributed by atoms with Crippen LogP contribution in [0.4, 0.5) is 5.69 Å². The summed E-state index contributed by atoms with van der Waals surface area (Å²) in [4.78, 5) is 29.3. The summed E-state index contributed by atoms with van der Waals surface area (Å²) < 4.78 is 16.3. The van der Waals surface area contributed by atoms with Crippen molar-refractivity contribution in [2.24, 2.45) is 0 Å². The zero-order valence-electron chi connectivity index (χ0n) is 15.9. The van der Waals surface area contributed by atoms with E-state index in [1.807, 2.05) is 31.2 Å². The third-order valence-electron chi connectivity index (χ3n) is 4.99. The number of hydrogen-bond donors (Lipinski definition) is 0. The Morgan fingerprint density at radius 2 is 1.93 bits per heavy atom. The molecule has 0 aromatic heterocycles. The van der Waals surface area contributed by atoms with E-state index in [9.17, 15) is 9.59 Å². The zero-order chi connectivity index (χ0) is 19.7. The third-order valence-corrected chi connectivity index (χ3v) is 4.99. The Morgan fingerprint density at radius 1 is 1.14 bits per heavy atom. The first-order valence-electron chi connectivity index (χ1n) is 9.34. The van der Waals surface area contributed by atoms with Gasteiger partial charge in [-0.25, -0.2) is 0 Å². The lowest BCUT2D eigenvalue weighted by Crippen LogP contribution is -2.57. The maximum Gasteiger partial charge on any atom is 0.254 e. The van der Waals surface area contributed by atoms with E-state index in [1.54, 1.807) is 34.9 Å². The number of ether oxygens (including phenoxy) is 3. The first-order valence-corrected chi connectivity index (χ1v) is 9.34. The molecule has 2 heterocycles. The van der Waals surface area contributed by atoms with Crippen LogP contribution in [0.3, 0.4) is 0 Å². The second-order valence-electron chi connectivity index (χ2n) is 6.63.